The van der Waals surface area contributed by atoms with Crippen LogP contribution >= 0.6 is 0 Å². The molecule has 5 rings (SSSR count). The Balaban J connectivity index is 1.24. The van der Waals surface area contributed by atoms with E-state index in [0.717, 1.165) is 40.9 Å². The molecule has 0 spiro atoms. The first-order valence-corrected chi connectivity index (χ1v) is 11.9. The van der Waals surface area contributed by atoms with Crippen LogP contribution in [0, 0.1) is 5.92 Å². The van der Waals surface area contributed by atoms with E-state index in [9.17, 15) is 9.90 Å². The minimum atomic E-state index is -0.272. The summed E-state index contributed by atoms with van der Waals surface area (Å²) in [5.74, 6) is 1.45. The van der Waals surface area contributed by atoms with Crippen LogP contribution in [0.25, 0.3) is 11.3 Å². The van der Waals surface area contributed by atoms with Crippen LogP contribution in [0.2, 0.25) is 0 Å². The number of rotatable bonds is 7. The highest BCUT2D eigenvalue weighted by molar-refractivity contribution is 6.04. The second-order valence-electron chi connectivity index (χ2n) is 9.20. The molecule has 0 unspecified atom stereocenters. The molecule has 0 atom stereocenters. The molecular weight excluding hydrogens is 438 g/mol. The van der Waals surface area contributed by atoms with Gasteiger partial charge in [-0.25, -0.2) is 9.98 Å². The number of imidazole rings is 1. The highest BCUT2D eigenvalue weighted by Crippen LogP contribution is 2.33. The molecule has 3 N–H and O–H groups in total. The topological polar surface area (TPSA) is 91.0 Å². The van der Waals surface area contributed by atoms with Crippen LogP contribution in [0.4, 0.5) is 5.69 Å². The average Bonchev–Trinajstić information content (AvgIpc) is 3.37. The van der Waals surface area contributed by atoms with Crippen molar-refractivity contribution in [2.24, 2.45) is 10.9 Å². The Labute approximate surface area is 204 Å². The van der Waals surface area contributed by atoms with Crippen LogP contribution in [0.15, 0.2) is 83.3 Å². The number of fused-ring (bicyclic) bond motifs is 1. The number of phenols is 1. The van der Waals surface area contributed by atoms with E-state index in [0.29, 0.717) is 17.7 Å². The summed E-state index contributed by atoms with van der Waals surface area (Å²) in [4.78, 5) is 21.7. The minimum Gasteiger partial charge on any atom is -0.506 e. The van der Waals surface area contributed by atoms with E-state index in [1.165, 1.54) is 24.5 Å². The summed E-state index contributed by atoms with van der Waals surface area (Å²) in [5.41, 5.74) is 5.95. The Morgan fingerprint density at radius 1 is 1.14 bits per heavy atom. The van der Waals surface area contributed by atoms with Crippen LogP contribution in [-0.2, 0) is 11.2 Å². The number of hydrogen-bond donors (Lipinski definition) is 3. The van der Waals surface area contributed by atoms with E-state index in [2.05, 4.69) is 44.4 Å². The number of hydrogen-bond acceptors (Lipinski definition) is 5. The fraction of sp³-hybridized carbons (Fsp3) is 0.250. The number of nitrogens with one attached hydrogen (secondary N) is 2. The highest BCUT2D eigenvalue weighted by Gasteiger charge is 2.22. The van der Waals surface area contributed by atoms with E-state index in [1.807, 2.05) is 19.2 Å². The molecule has 7 heteroatoms. The Morgan fingerprint density at radius 2 is 1.97 bits per heavy atom. The summed E-state index contributed by atoms with van der Waals surface area (Å²) in [6, 6.07) is 10.9. The molecule has 0 radical (unpaired) electrons. The molecule has 1 amide bonds. The number of pyridine rings is 1. The standard InChI is InChI=1S/C28H29N5O2/c1-18(28(35)32-23-5-3-4-6-25(23)34)7-8-19(2)30-26-13-12-22(31-26)24-16-29-27-14-11-21(17-33(24)27)15-20-9-10-20/h3-8,11-12,14,16-17,20,34H,9-10,13,15H2,1-2H3,(H,30,31)(H,32,35)/b18-7+,19-8+. The largest absolute Gasteiger partial charge is 0.506 e. The molecule has 1 aliphatic heterocycles. The molecule has 178 valence electrons. The van der Waals surface area contributed by atoms with Gasteiger partial charge in [-0.15, -0.1) is 0 Å². The van der Waals surface area contributed by atoms with Crippen LogP contribution < -0.4 is 10.6 Å². The zero-order valence-electron chi connectivity index (χ0n) is 20.0. The molecule has 1 saturated carbocycles. The fourth-order valence-electron chi connectivity index (χ4n) is 4.06. The fourth-order valence-corrected chi connectivity index (χ4v) is 4.06. The number of allylic oxidation sites excluding steroid dienone is 3. The van der Waals surface area contributed by atoms with E-state index in [4.69, 9.17) is 4.99 Å². The number of carbonyl (C=O) groups is 1. The zero-order valence-corrected chi connectivity index (χ0v) is 20.0. The lowest BCUT2D eigenvalue weighted by molar-refractivity contribution is -0.112. The molecule has 3 heterocycles. The van der Waals surface area contributed by atoms with E-state index in [-0.39, 0.29) is 11.7 Å². The predicted octanol–water partition coefficient (Wildman–Crippen LogP) is 5.21. The molecule has 1 aromatic carbocycles. The molecule has 2 aromatic heterocycles. The van der Waals surface area contributed by atoms with Crippen molar-refractivity contribution >= 4 is 28.8 Å². The Morgan fingerprint density at radius 3 is 2.77 bits per heavy atom. The number of nitrogens with zero attached hydrogens (tertiary/aromatic N) is 3. The number of para-hydroxylation sites is 2. The van der Waals surface area contributed by atoms with Gasteiger partial charge in [-0.05, 0) is 74.9 Å². The number of aromatic hydroxyl groups is 1. The van der Waals surface area contributed by atoms with Gasteiger partial charge in [0.2, 0.25) is 0 Å². The third kappa shape index (κ3) is 5.35. The van der Waals surface area contributed by atoms with Crippen molar-refractivity contribution in [3.05, 3.63) is 89.5 Å². The normalized spacial score (nSPS) is 16.3. The van der Waals surface area contributed by atoms with Crippen molar-refractivity contribution in [2.45, 2.75) is 39.5 Å². The summed E-state index contributed by atoms with van der Waals surface area (Å²) < 4.78 is 2.13. The van der Waals surface area contributed by atoms with E-state index < -0.39 is 0 Å². The summed E-state index contributed by atoms with van der Waals surface area (Å²) in [6.45, 7) is 3.66. The molecule has 35 heavy (non-hydrogen) atoms. The van der Waals surface area contributed by atoms with Crippen LogP contribution in [0.3, 0.4) is 0 Å². The molecule has 3 aromatic rings. The molecule has 1 fully saturated rings. The number of benzene rings is 1. The number of anilines is 1. The number of carbonyl (C=O) groups excluding carboxylic acids is 1. The van der Waals surface area contributed by atoms with Gasteiger partial charge in [0.1, 0.15) is 17.2 Å². The van der Waals surface area contributed by atoms with Gasteiger partial charge < -0.3 is 15.7 Å². The summed E-state index contributed by atoms with van der Waals surface area (Å²) in [7, 11) is 0. The maximum Gasteiger partial charge on any atom is 0.251 e. The zero-order chi connectivity index (χ0) is 24.4. The molecule has 0 bridgehead atoms. The van der Waals surface area contributed by atoms with Crippen LogP contribution in [0.5, 0.6) is 5.75 Å². The maximum absolute atomic E-state index is 12.4. The second-order valence-corrected chi connectivity index (χ2v) is 9.20. The Bertz CT molecular complexity index is 1410. The predicted molar refractivity (Wildman–Crippen MR) is 139 cm³/mol. The van der Waals surface area contributed by atoms with Gasteiger partial charge in [0.15, 0.2) is 0 Å². The Kier molecular flexibility index (Phi) is 6.23. The van der Waals surface area contributed by atoms with Crippen molar-refractivity contribution in [1.82, 2.24) is 14.7 Å². The van der Waals surface area contributed by atoms with Gasteiger partial charge in [-0.1, -0.05) is 24.3 Å². The molecule has 0 saturated heterocycles. The first-order valence-electron chi connectivity index (χ1n) is 11.9. The highest BCUT2D eigenvalue weighted by atomic mass is 16.3. The van der Waals surface area contributed by atoms with Crippen molar-refractivity contribution in [3.63, 3.8) is 0 Å². The van der Waals surface area contributed by atoms with E-state index in [1.54, 1.807) is 31.2 Å². The molecular formula is C28H29N5O2. The first kappa shape index (κ1) is 22.7. The molecule has 1 aliphatic carbocycles. The van der Waals surface area contributed by atoms with Gasteiger partial charge in [-0.3, -0.25) is 9.20 Å². The van der Waals surface area contributed by atoms with Crippen LogP contribution in [-0.4, -0.2) is 26.2 Å². The molecule has 7 nitrogen and oxygen atoms in total. The average molecular weight is 468 g/mol. The summed E-state index contributed by atoms with van der Waals surface area (Å²) in [6.07, 6.45) is 14.3. The lowest BCUT2D eigenvalue weighted by Gasteiger charge is -2.07. The SMILES string of the molecule is C/C(=C\C=C(/C)C(=O)Nc1ccccc1O)NC1=NC(c2cnc3ccc(CC4CC4)cn23)=CC1. The second kappa shape index (κ2) is 9.62. The third-order valence-electron chi connectivity index (χ3n) is 6.23. The summed E-state index contributed by atoms with van der Waals surface area (Å²) >= 11 is 0. The number of aromatic nitrogens is 2. The van der Waals surface area contributed by atoms with Crippen molar-refractivity contribution < 1.29 is 9.90 Å². The quantitative estimate of drug-likeness (QED) is 0.253. The monoisotopic (exact) mass is 467 g/mol. The lowest BCUT2D eigenvalue weighted by Crippen LogP contribution is -2.19. The number of amidine groups is 1. The minimum absolute atomic E-state index is 0.0368. The van der Waals surface area contributed by atoms with Gasteiger partial charge in [0.25, 0.3) is 5.91 Å². The maximum atomic E-state index is 12.4. The van der Waals surface area contributed by atoms with Gasteiger partial charge in [0.05, 0.1) is 23.3 Å². The third-order valence-corrected chi connectivity index (χ3v) is 6.23. The van der Waals surface area contributed by atoms with Crippen molar-refractivity contribution in [2.75, 3.05) is 5.32 Å². The molecule has 2 aliphatic rings. The number of phenolic OH excluding ortho intramolecular Hbond substituents is 1. The van der Waals surface area contributed by atoms with E-state index >= 15 is 0 Å². The van der Waals surface area contributed by atoms with Crippen molar-refractivity contribution in [3.8, 4) is 5.75 Å². The Hall–Kier alpha value is -4.13. The smallest absolute Gasteiger partial charge is 0.251 e. The number of amides is 1. The van der Waals surface area contributed by atoms with Gasteiger partial charge in [-0.2, -0.15) is 0 Å². The summed E-state index contributed by atoms with van der Waals surface area (Å²) in [5, 5.41) is 15.9. The first-order chi connectivity index (χ1) is 17.0. The van der Waals surface area contributed by atoms with Gasteiger partial charge in [0, 0.05) is 23.9 Å². The van der Waals surface area contributed by atoms with Crippen molar-refractivity contribution in [1.29, 1.82) is 0 Å². The number of aliphatic imine (C=N–C) groups is 1. The lowest BCUT2D eigenvalue weighted by atomic mass is 10.1. The van der Waals surface area contributed by atoms with Crippen LogP contribution in [0.1, 0.15) is 44.4 Å². The van der Waals surface area contributed by atoms with Gasteiger partial charge >= 0.3 is 0 Å².